The molecule has 0 spiro atoms. The van der Waals surface area contributed by atoms with E-state index >= 15 is 0 Å². The highest BCUT2D eigenvalue weighted by molar-refractivity contribution is 5.99. The number of anilines is 1. The van der Waals surface area contributed by atoms with Crippen molar-refractivity contribution in [1.29, 1.82) is 0 Å². The SMILES string of the molecule is CCC1Oc2ccc(C(O)C3CCCN3)cc2N(C)C1=O. The standard InChI is InChI=1S/C16H22N2O3/c1-3-13-16(20)18(2)12-9-10(6-7-14(12)21-13)15(19)11-5-4-8-17-11/h6-7,9,11,13,15,17,19H,3-5,8H2,1-2H3. The van der Waals surface area contributed by atoms with Crippen molar-refractivity contribution >= 4 is 11.6 Å². The number of likely N-dealkylation sites (N-methyl/N-ethyl adjacent to an activating group) is 1. The molecule has 1 aromatic rings. The quantitative estimate of drug-likeness (QED) is 0.888. The van der Waals surface area contributed by atoms with Gasteiger partial charge in [0.05, 0.1) is 11.8 Å². The maximum Gasteiger partial charge on any atom is 0.267 e. The van der Waals surface area contributed by atoms with E-state index in [2.05, 4.69) is 5.32 Å². The van der Waals surface area contributed by atoms with Crippen LogP contribution in [0.4, 0.5) is 5.69 Å². The second-order valence-electron chi connectivity index (χ2n) is 5.79. The summed E-state index contributed by atoms with van der Waals surface area (Å²) in [4.78, 5) is 13.8. The number of carbonyl (C=O) groups is 1. The molecule has 3 atom stereocenters. The highest BCUT2D eigenvalue weighted by Gasteiger charge is 2.32. The van der Waals surface area contributed by atoms with Crippen molar-refractivity contribution in [3.63, 3.8) is 0 Å². The van der Waals surface area contributed by atoms with Gasteiger partial charge in [-0.15, -0.1) is 0 Å². The molecule has 2 aliphatic rings. The van der Waals surface area contributed by atoms with Crippen LogP contribution in [-0.2, 0) is 4.79 Å². The van der Waals surface area contributed by atoms with Crippen LogP contribution in [0.5, 0.6) is 5.75 Å². The predicted octanol–water partition coefficient (Wildman–Crippen LogP) is 1.61. The molecule has 3 rings (SSSR count). The molecule has 0 aliphatic carbocycles. The van der Waals surface area contributed by atoms with Crippen LogP contribution in [0.2, 0.25) is 0 Å². The molecular weight excluding hydrogens is 268 g/mol. The highest BCUT2D eigenvalue weighted by atomic mass is 16.5. The molecule has 0 saturated carbocycles. The molecule has 2 heterocycles. The molecule has 5 nitrogen and oxygen atoms in total. The van der Waals surface area contributed by atoms with Gasteiger partial charge in [-0.2, -0.15) is 0 Å². The fourth-order valence-corrected chi connectivity index (χ4v) is 3.09. The van der Waals surface area contributed by atoms with Crippen LogP contribution >= 0.6 is 0 Å². The maximum atomic E-state index is 12.2. The first-order valence-corrected chi connectivity index (χ1v) is 7.61. The van der Waals surface area contributed by atoms with Crippen molar-refractivity contribution in [3.05, 3.63) is 23.8 Å². The summed E-state index contributed by atoms with van der Waals surface area (Å²) in [5.74, 6) is 0.676. The lowest BCUT2D eigenvalue weighted by Crippen LogP contribution is -2.43. The molecule has 0 radical (unpaired) electrons. The third-order valence-corrected chi connectivity index (χ3v) is 4.41. The lowest BCUT2D eigenvalue weighted by Gasteiger charge is -2.32. The van der Waals surface area contributed by atoms with E-state index in [4.69, 9.17) is 4.74 Å². The Kier molecular flexibility index (Phi) is 3.87. The maximum absolute atomic E-state index is 12.2. The van der Waals surface area contributed by atoms with Crippen LogP contribution in [0.3, 0.4) is 0 Å². The lowest BCUT2D eigenvalue weighted by atomic mass is 9.99. The van der Waals surface area contributed by atoms with E-state index in [1.165, 1.54) is 0 Å². The summed E-state index contributed by atoms with van der Waals surface area (Å²) in [5, 5.41) is 13.8. The van der Waals surface area contributed by atoms with E-state index in [0.717, 1.165) is 30.6 Å². The monoisotopic (exact) mass is 290 g/mol. The summed E-state index contributed by atoms with van der Waals surface area (Å²) < 4.78 is 5.74. The van der Waals surface area contributed by atoms with Gasteiger partial charge in [0.15, 0.2) is 6.10 Å². The molecule has 1 amide bonds. The zero-order valence-corrected chi connectivity index (χ0v) is 12.5. The third kappa shape index (κ3) is 2.51. The van der Waals surface area contributed by atoms with Gasteiger partial charge in [-0.1, -0.05) is 13.0 Å². The van der Waals surface area contributed by atoms with E-state index in [-0.39, 0.29) is 11.9 Å². The van der Waals surface area contributed by atoms with Gasteiger partial charge in [0.2, 0.25) is 0 Å². The molecule has 2 aliphatic heterocycles. The molecule has 0 aromatic heterocycles. The minimum atomic E-state index is -0.551. The van der Waals surface area contributed by atoms with Gasteiger partial charge >= 0.3 is 0 Å². The Labute approximate surface area is 124 Å². The van der Waals surface area contributed by atoms with Gasteiger partial charge in [0.1, 0.15) is 5.75 Å². The molecule has 3 unspecified atom stereocenters. The summed E-state index contributed by atoms with van der Waals surface area (Å²) in [6.07, 6.45) is 1.76. The van der Waals surface area contributed by atoms with Crippen molar-refractivity contribution in [1.82, 2.24) is 5.32 Å². The minimum Gasteiger partial charge on any atom is -0.478 e. The van der Waals surface area contributed by atoms with Gasteiger partial charge in [0.25, 0.3) is 5.91 Å². The highest BCUT2D eigenvalue weighted by Crippen LogP contribution is 2.37. The Bertz CT molecular complexity index is 540. The van der Waals surface area contributed by atoms with Crippen LogP contribution in [0.25, 0.3) is 0 Å². The zero-order valence-electron chi connectivity index (χ0n) is 12.5. The number of carbonyl (C=O) groups excluding carboxylic acids is 1. The zero-order chi connectivity index (χ0) is 15.0. The summed E-state index contributed by atoms with van der Waals surface area (Å²) in [6, 6.07) is 5.70. The van der Waals surface area contributed by atoms with Crippen LogP contribution < -0.4 is 15.0 Å². The number of aliphatic hydroxyl groups excluding tert-OH is 1. The Morgan fingerprint density at radius 1 is 1.52 bits per heavy atom. The number of nitrogens with zero attached hydrogens (tertiary/aromatic N) is 1. The van der Waals surface area contributed by atoms with Gasteiger partial charge in [-0.3, -0.25) is 4.79 Å². The second-order valence-corrected chi connectivity index (χ2v) is 5.79. The van der Waals surface area contributed by atoms with Crippen LogP contribution in [-0.4, -0.2) is 36.8 Å². The van der Waals surface area contributed by atoms with Gasteiger partial charge in [0, 0.05) is 13.1 Å². The minimum absolute atomic E-state index is 0.0318. The first kappa shape index (κ1) is 14.4. The van der Waals surface area contributed by atoms with E-state index in [9.17, 15) is 9.90 Å². The fraction of sp³-hybridized carbons (Fsp3) is 0.562. The van der Waals surface area contributed by atoms with Gasteiger partial charge < -0.3 is 20.1 Å². The second kappa shape index (κ2) is 5.66. The molecule has 5 heteroatoms. The third-order valence-electron chi connectivity index (χ3n) is 4.41. The van der Waals surface area contributed by atoms with Gasteiger partial charge in [-0.25, -0.2) is 0 Å². The predicted molar refractivity (Wildman–Crippen MR) is 80.5 cm³/mol. The average Bonchev–Trinajstić information content (AvgIpc) is 3.04. The molecule has 1 aromatic carbocycles. The summed E-state index contributed by atoms with van der Waals surface area (Å²) in [7, 11) is 1.76. The van der Waals surface area contributed by atoms with Gasteiger partial charge in [-0.05, 0) is 43.5 Å². The van der Waals surface area contributed by atoms with E-state index in [0.29, 0.717) is 12.2 Å². The largest absolute Gasteiger partial charge is 0.478 e. The number of aliphatic hydroxyl groups is 1. The number of amides is 1. The first-order valence-electron chi connectivity index (χ1n) is 7.61. The van der Waals surface area contributed by atoms with E-state index < -0.39 is 12.2 Å². The van der Waals surface area contributed by atoms with Crippen LogP contribution in [0.15, 0.2) is 18.2 Å². The average molecular weight is 290 g/mol. The molecule has 0 bridgehead atoms. The molecule has 1 saturated heterocycles. The first-order chi connectivity index (χ1) is 10.1. The molecule has 114 valence electrons. The number of hydrogen-bond donors (Lipinski definition) is 2. The number of benzene rings is 1. The van der Waals surface area contributed by atoms with Crippen LogP contribution in [0.1, 0.15) is 37.9 Å². The van der Waals surface area contributed by atoms with Crippen LogP contribution in [0, 0.1) is 0 Å². The molecule has 1 fully saturated rings. The van der Waals surface area contributed by atoms with E-state index in [1.807, 2.05) is 25.1 Å². The van der Waals surface area contributed by atoms with Crippen molar-refractivity contribution in [2.45, 2.75) is 44.4 Å². The van der Waals surface area contributed by atoms with E-state index in [1.54, 1.807) is 11.9 Å². The number of hydrogen-bond acceptors (Lipinski definition) is 4. The summed E-state index contributed by atoms with van der Waals surface area (Å²) >= 11 is 0. The number of rotatable bonds is 3. The smallest absolute Gasteiger partial charge is 0.267 e. The molecular formula is C16H22N2O3. The topological polar surface area (TPSA) is 61.8 Å². The molecule has 2 N–H and O–H groups in total. The van der Waals surface area contributed by atoms with Crippen molar-refractivity contribution < 1.29 is 14.6 Å². The molecule has 21 heavy (non-hydrogen) atoms. The lowest BCUT2D eigenvalue weighted by molar-refractivity contribution is -0.126. The number of nitrogens with one attached hydrogen (secondary N) is 1. The summed E-state index contributed by atoms with van der Waals surface area (Å²) in [6.45, 7) is 2.89. The Hall–Kier alpha value is -1.59. The van der Waals surface area contributed by atoms with Crippen molar-refractivity contribution in [3.8, 4) is 5.75 Å². The normalized spacial score (nSPS) is 26.4. The Morgan fingerprint density at radius 2 is 2.33 bits per heavy atom. The summed E-state index contributed by atoms with van der Waals surface area (Å²) in [5.41, 5.74) is 1.56. The Morgan fingerprint density at radius 3 is 3.00 bits per heavy atom. The number of ether oxygens (including phenoxy) is 1. The van der Waals surface area contributed by atoms with Crippen molar-refractivity contribution in [2.75, 3.05) is 18.5 Å². The Balaban J connectivity index is 1.89. The van der Waals surface area contributed by atoms with Crippen molar-refractivity contribution in [2.24, 2.45) is 0 Å². The number of fused-ring (bicyclic) bond motifs is 1. The fourth-order valence-electron chi connectivity index (χ4n) is 3.09.